The summed E-state index contributed by atoms with van der Waals surface area (Å²) >= 11 is 0. The van der Waals surface area contributed by atoms with Crippen molar-refractivity contribution in [3.05, 3.63) is 71.6 Å². The Labute approximate surface area is 376 Å². The first kappa shape index (κ1) is 41.5. The van der Waals surface area contributed by atoms with E-state index in [0.717, 1.165) is 57.6 Å². The molecule has 6 aliphatic carbocycles. The Balaban J connectivity index is 0.733. The SMILES string of the molecule is Cc1c(-c2ccc(-c3cnc(C4CC5CC5N4C(=O)[C@H](OC(N)=O)C4C[C@@H]5[C@@H](C4)C5(F)F)[nH]3)cc2)ccc(-c2cnc(C3CC4CC4N3C(=O)[C@H](OC(N)=O)C3C[C@@H]4[C@@H](C3)C4(F)F)[nH]2)c1C. The molecule has 66 heavy (non-hydrogen) atoms. The molecule has 12 rings (SSSR count). The van der Waals surface area contributed by atoms with Gasteiger partial charge in [-0.1, -0.05) is 36.4 Å². The maximum Gasteiger partial charge on any atom is 0.405 e. The summed E-state index contributed by atoms with van der Waals surface area (Å²) in [6, 6.07) is 11.4. The summed E-state index contributed by atoms with van der Waals surface area (Å²) in [7, 11) is 0. The summed E-state index contributed by atoms with van der Waals surface area (Å²) in [5.74, 6) is -8.60. The molecule has 18 heteroatoms. The number of fused-ring (bicyclic) bond motifs is 4. The molecule has 14 nitrogen and oxygen atoms in total. The quantitative estimate of drug-likeness (QED) is 0.110. The number of likely N-dealkylation sites (tertiary alicyclic amines) is 2. The van der Waals surface area contributed by atoms with Crippen LogP contribution in [0.15, 0.2) is 48.8 Å². The molecular formula is C48H50F4N8O6. The molecule has 2 aromatic carbocycles. The Morgan fingerprint density at radius 3 is 1.48 bits per heavy atom. The molecule has 8 fully saturated rings. The molecule has 6 saturated carbocycles. The molecule has 2 aliphatic heterocycles. The van der Waals surface area contributed by atoms with Crippen molar-refractivity contribution in [2.75, 3.05) is 0 Å². The van der Waals surface area contributed by atoms with E-state index in [2.05, 4.69) is 29.9 Å². The van der Waals surface area contributed by atoms with Gasteiger partial charge in [-0.25, -0.2) is 37.1 Å². The van der Waals surface area contributed by atoms with Gasteiger partial charge in [0.1, 0.15) is 11.6 Å². The molecule has 6 N–H and O–H groups in total. The molecule has 12 atom stereocenters. The minimum absolute atomic E-state index is 0.0290. The number of rotatable bonds is 11. The zero-order chi connectivity index (χ0) is 45.9. The van der Waals surface area contributed by atoms with Crippen LogP contribution in [-0.2, 0) is 19.1 Å². The third kappa shape index (κ3) is 6.46. The van der Waals surface area contributed by atoms with E-state index in [1.54, 1.807) is 22.2 Å². The van der Waals surface area contributed by atoms with Gasteiger partial charge < -0.3 is 40.7 Å². The first-order valence-corrected chi connectivity index (χ1v) is 23.1. The molecule has 4 amide bonds. The van der Waals surface area contributed by atoms with Gasteiger partial charge >= 0.3 is 12.2 Å². The number of H-pyrrole nitrogens is 2. The largest absolute Gasteiger partial charge is 0.436 e. The van der Waals surface area contributed by atoms with Crippen LogP contribution in [0.4, 0.5) is 27.2 Å². The number of nitrogens with zero attached hydrogens (tertiary/aromatic N) is 4. The summed E-state index contributed by atoms with van der Waals surface area (Å²) in [5, 5.41) is 0. The Morgan fingerprint density at radius 2 is 1.02 bits per heavy atom. The lowest BCUT2D eigenvalue weighted by Crippen LogP contribution is -2.47. The number of aromatic amines is 2. The summed E-state index contributed by atoms with van der Waals surface area (Å²) in [5.41, 5.74) is 18.3. The van der Waals surface area contributed by atoms with Crippen LogP contribution in [0.25, 0.3) is 33.6 Å². The van der Waals surface area contributed by atoms with Crippen LogP contribution in [0.5, 0.6) is 0 Å². The minimum Gasteiger partial charge on any atom is -0.436 e. The fourth-order valence-corrected chi connectivity index (χ4v) is 13.0. The van der Waals surface area contributed by atoms with Crippen LogP contribution < -0.4 is 11.5 Å². The van der Waals surface area contributed by atoms with Gasteiger partial charge in [-0.2, -0.15) is 0 Å². The Bertz CT molecular complexity index is 2680. The Morgan fingerprint density at radius 1 is 0.606 bits per heavy atom. The van der Waals surface area contributed by atoms with Crippen molar-refractivity contribution in [3.8, 4) is 33.6 Å². The molecule has 6 unspecified atom stereocenters. The number of primary amides is 2. The highest BCUT2D eigenvalue weighted by Gasteiger charge is 2.74. The van der Waals surface area contributed by atoms with Crippen LogP contribution >= 0.6 is 0 Å². The van der Waals surface area contributed by atoms with Gasteiger partial charge in [0.15, 0.2) is 12.2 Å². The average molecular weight is 911 g/mol. The number of aromatic nitrogens is 4. The normalized spacial score (nSPS) is 32.5. The average Bonchev–Trinajstić information content (AvgIpc) is 3.98. The van der Waals surface area contributed by atoms with E-state index in [4.69, 9.17) is 30.9 Å². The number of nitrogens with one attached hydrogen (secondary N) is 2. The van der Waals surface area contributed by atoms with Gasteiger partial charge in [-0.15, -0.1) is 0 Å². The topological polar surface area (TPSA) is 203 Å². The second-order valence-corrected chi connectivity index (χ2v) is 20.4. The summed E-state index contributed by atoms with van der Waals surface area (Å²) in [6.07, 6.45) is 2.40. The molecule has 4 aromatic rings. The number of carbonyl (C=O) groups excluding carboxylic acids is 4. The molecule has 0 bridgehead atoms. The van der Waals surface area contributed by atoms with Crippen LogP contribution in [0.2, 0.25) is 0 Å². The summed E-state index contributed by atoms with van der Waals surface area (Å²) < 4.78 is 67.0. The predicted octanol–water partition coefficient (Wildman–Crippen LogP) is 7.58. The van der Waals surface area contributed by atoms with Crippen molar-refractivity contribution in [1.82, 2.24) is 29.7 Å². The number of amides is 4. The highest BCUT2D eigenvalue weighted by molar-refractivity contribution is 5.86. The molecule has 8 aliphatic rings. The molecule has 0 radical (unpaired) electrons. The fraction of sp³-hybridized carbons (Fsp3) is 0.542. The maximum atomic E-state index is 14.1. The van der Waals surface area contributed by atoms with Gasteiger partial charge in [-0.05, 0) is 105 Å². The zero-order valence-electron chi connectivity index (χ0n) is 36.3. The summed E-state index contributed by atoms with van der Waals surface area (Å²) in [6.45, 7) is 4.12. The van der Waals surface area contributed by atoms with E-state index >= 15 is 0 Å². The number of benzene rings is 2. The smallest absolute Gasteiger partial charge is 0.405 e. The van der Waals surface area contributed by atoms with Gasteiger partial charge in [-0.3, -0.25) is 9.59 Å². The van der Waals surface area contributed by atoms with Crippen molar-refractivity contribution in [2.24, 2.45) is 58.8 Å². The highest BCUT2D eigenvalue weighted by atomic mass is 19.3. The number of nitrogens with two attached hydrogens (primary N) is 2. The number of hydrogen-bond acceptors (Lipinski definition) is 8. The van der Waals surface area contributed by atoms with Crippen LogP contribution in [0, 0.1) is 61.2 Å². The number of carbonyl (C=O) groups is 4. The number of halogens is 4. The van der Waals surface area contributed by atoms with E-state index in [-0.39, 0.29) is 61.7 Å². The number of hydrogen-bond donors (Lipinski definition) is 4. The molecule has 4 heterocycles. The number of ether oxygens (including phenoxy) is 2. The van der Waals surface area contributed by atoms with E-state index in [0.29, 0.717) is 24.5 Å². The first-order chi connectivity index (χ1) is 31.5. The van der Waals surface area contributed by atoms with Crippen molar-refractivity contribution < 1.29 is 46.2 Å². The molecular weight excluding hydrogens is 861 g/mol. The highest BCUT2D eigenvalue weighted by Crippen LogP contribution is 2.68. The lowest BCUT2D eigenvalue weighted by molar-refractivity contribution is -0.146. The van der Waals surface area contributed by atoms with Crippen LogP contribution in [-0.4, -0.2) is 89.9 Å². The van der Waals surface area contributed by atoms with Crippen molar-refractivity contribution in [3.63, 3.8) is 0 Å². The van der Waals surface area contributed by atoms with E-state index in [1.165, 1.54) is 0 Å². The van der Waals surface area contributed by atoms with Gasteiger partial charge in [0.05, 0.1) is 35.9 Å². The first-order valence-electron chi connectivity index (χ1n) is 23.1. The number of alkyl halides is 4. The number of imidazole rings is 2. The monoisotopic (exact) mass is 910 g/mol. The second-order valence-electron chi connectivity index (χ2n) is 20.4. The predicted molar refractivity (Wildman–Crippen MR) is 227 cm³/mol. The zero-order valence-corrected chi connectivity index (χ0v) is 36.3. The van der Waals surface area contributed by atoms with Crippen LogP contribution in [0.1, 0.15) is 86.2 Å². The van der Waals surface area contributed by atoms with Gasteiger partial charge in [0, 0.05) is 53.2 Å². The van der Waals surface area contributed by atoms with E-state index in [9.17, 15) is 36.7 Å². The van der Waals surface area contributed by atoms with E-state index in [1.807, 2.05) is 30.3 Å². The minimum atomic E-state index is -2.72. The fourth-order valence-electron chi connectivity index (χ4n) is 13.0. The Hall–Kier alpha value is -5.94. The van der Waals surface area contributed by atoms with Crippen LogP contribution in [0.3, 0.4) is 0 Å². The van der Waals surface area contributed by atoms with Gasteiger partial charge in [0.2, 0.25) is 0 Å². The lowest BCUT2D eigenvalue weighted by Gasteiger charge is -2.32. The molecule has 2 aromatic heterocycles. The Kier molecular flexibility index (Phi) is 8.98. The third-order valence-electron chi connectivity index (χ3n) is 16.9. The lowest BCUT2D eigenvalue weighted by atomic mass is 9.92. The van der Waals surface area contributed by atoms with E-state index < -0.39 is 83.6 Å². The standard InChI is InChI=1S/C48H50F4N8O6/c1-19-20(2)28(34-18-56-42(58-34)38-16-24-14-36(24)60(38)44(62)40(66-46(54)64)26-11-31-32(12-26)48(31,51)52)8-7-27(19)21-3-5-22(6-4-21)33-17-55-41(57-33)37-15-23-13-35(23)59(37)43(61)39(65-45(53)63)25-9-29-30(10-25)47(29,49)50/h3-8,17-18,23-26,29-32,35-40H,9-16H2,1-2H3,(H2,53,63)(H2,54,64)(H,55,57)(H,56,58)/t23?,24?,29-,30-,31-,32-,35?,36?,37?,38?,39-,40-/m1/s1. The second kappa shape index (κ2) is 14.3. The third-order valence-corrected chi connectivity index (χ3v) is 16.9. The van der Waals surface area contributed by atoms with Crippen molar-refractivity contribution in [1.29, 1.82) is 0 Å². The summed E-state index contributed by atoms with van der Waals surface area (Å²) in [4.78, 5) is 71.9. The molecule has 2 saturated heterocycles. The van der Waals surface area contributed by atoms with Crippen molar-refractivity contribution >= 4 is 24.0 Å². The molecule has 346 valence electrons. The van der Waals surface area contributed by atoms with Crippen molar-refractivity contribution in [2.45, 2.75) is 113 Å². The number of piperidine rings is 2. The van der Waals surface area contributed by atoms with Gasteiger partial charge in [0.25, 0.3) is 23.7 Å². The maximum absolute atomic E-state index is 14.1. The molecule has 0 spiro atoms.